The third kappa shape index (κ3) is 3.94. The van der Waals surface area contributed by atoms with Crippen molar-refractivity contribution >= 4 is 41.2 Å². The molecule has 0 amide bonds. The molecule has 0 spiro atoms. The van der Waals surface area contributed by atoms with Crippen LogP contribution in [0.15, 0.2) is 41.2 Å². The number of anilines is 1. The number of para-hydroxylation sites is 1. The molecule has 7 nitrogen and oxygen atoms in total. The van der Waals surface area contributed by atoms with Crippen molar-refractivity contribution in [2.24, 2.45) is 0 Å². The maximum atomic E-state index is 13.3. The fraction of sp³-hybridized carbons (Fsp3) is 0.182. The predicted molar refractivity (Wildman–Crippen MR) is 124 cm³/mol. The van der Waals surface area contributed by atoms with Gasteiger partial charge in [-0.2, -0.15) is 9.78 Å². The molecule has 158 valence electrons. The summed E-state index contributed by atoms with van der Waals surface area (Å²) >= 11 is 12.7. The molecule has 31 heavy (non-hydrogen) atoms. The lowest BCUT2D eigenvalue weighted by Crippen LogP contribution is -2.30. The highest BCUT2D eigenvalue weighted by Gasteiger charge is 2.24. The first-order chi connectivity index (χ1) is 14.9. The van der Waals surface area contributed by atoms with Crippen molar-refractivity contribution in [3.05, 3.63) is 73.5 Å². The van der Waals surface area contributed by atoms with Crippen LogP contribution in [0.1, 0.15) is 23.1 Å². The van der Waals surface area contributed by atoms with Crippen LogP contribution in [0, 0.1) is 17.7 Å². The molecular formula is C22H19Cl2N5O2. The molecule has 1 aromatic heterocycles. The van der Waals surface area contributed by atoms with Crippen LogP contribution >= 0.6 is 23.2 Å². The Morgan fingerprint density at radius 2 is 2.00 bits per heavy atom. The summed E-state index contributed by atoms with van der Waals surface area (Å²) in [6.45, 7) is 2.58. The molecule has 1 aliphatic heterocycles. The van der Waals surface area contributed by atoms with Crippen LogP contribution < -0.4 is 10.9 Å². The zero-order valence-electron chi connectivity index (χ0n) is 16.6. The number of halogens is 2. The van der Waals surface area contributed by atoms with Gasteiger partial charge in [0.25, 0.3) is 5.56 Å². The van der Waals surface area contributed by atoms with E-state index in [9.17, 15) is 4.79 Å². The Morgan fingerprint density at radius 3 is 2.71 bits per heavy atom. The average Bonchev–Trinajstić information content (AvgIpc) is 2.75. The minimum Gasteiger partial charge on any atom is -0.428 e. The summed E-state index contributed by atoms with van der Waals surface area (Å²) in [5.74, 6) is -0.144. The Kier molecular flexibility index (Phi) is 5.80. The van der Waals surface area contributed by atoms with Crippen molar-refractivity contribution < 1.29 is 4.74 Å². The molecule has 0 unspecified atom stereocenters. The van der Waals surface area contributed by atoms with Crippen molar-refractivity contribution in [3.8, 4) is 16.9 Å². The molecule has 9 heteroatoms. The number of nitrogens with one attached hydrogen (secondary N) is 3. The van der Waals surface area contributed by atoms with Crippen molar-refractivity contribution in [2.45, 2.75) is 19.8 Å². The zero-order chi connectivity index (χ0) is 22.1. The smallest absolute Gasteiger partial charge is 0.295 e. The molecule has 4 rings (SSSR count). The van der Waals surface area contributed by atoms with E-state index in [1.54, 1.807) is 30.3 Å². The molecule has 2 heterocycles. The SMILES string of the molecule is Cc1cc(C(=N)OC=N)cc(-c2nn(-c3c(Cl)cccc3Cl)c(=O)c3c2CCCN3)c1. The Morgan fingerprint density at radius 1 is 1.26 bits per heavy atom. The molecule has 0 saturated heterocycles. The molecule has 0 saturated carbocycles. The fourth-order valence-electron chi connectivity index (χ4n) is 3.72. The van der Waals surface area contributed by atoms with Crippen molar-refractivity contribution in [2.75, 3.05) is 11.9 Å². The summed E-state index contributed by atoms with van der Waals surface area (Å²) in [4.78, 5) is 13.3. The third-order valence-electron chi connectivity index (χ3n) is 5.04. The summed E-state index contributed by atoms with van der Waals surface area (Å²) in [7, 11) is 0. The molecule has 0 radical (unpaired) electrons. The fourth-order valence-corrected chi connectivity index (χ4v) is 4.27. The van der Waals surface area contributed by atoms with E-state index in [0.29, 0.717) is 52.0 Å². The Hall–Kier alpha value is -3.16. The third-order valence-corrected chi connectivity index (χ3v) is 5.65. The van der Waals surface area contributed by atoms with Crippen LogP contribution in [0.4, 0.5) is 5.69 Å². The highest BCUT2D eigenvalue weighted by Crippen LogP contribution is 2.33. The van der Waals surface area contributed by atoms with Gasteiger partial charge in [0, 0.05) is 23.2 Å². The average molecular weight is 456 g/mol. The highest BCUT2D eigenvalue weighted by molar-refractivity contribution is 6.37. The first kappa shape index (κ1) is 21.1. The number of aryl methyl sites for hydroxylation is 1. The molecular weight excluding hydrogens is 437 g/mol. The molecule has 3 aromatic rings. The zero-order valence-corrected chi connectivity index (χ0v) is 18.1. The molecule has 2 aromatic carbocycles. The van der Waals surface area contributed by atoms with E-state index in [1.807, 2.05) is 13.0 Å². The normalized spacial score (nSPS) is 12.6. The number of fused-ring (bicyclic) bond motifs is 1. The molecule has 0 atom stereocenters. The van der Waals surface area contributed by atoms with Gasteiger partial charge in [-0.25, -0.2) is 0 Å². The molecule has 3 N–H and O–H groups in total. The summed E-state index contributed by atoms with van der Waals surface area (Å²) in [6.07, 6.45) is 2.27. The van der Waals surface area contributed by atoms with E-state index < -0.39 is 0 Å². The van der Waals surface area contributed by atoms with Crippen molar-refractivity contribution in [3.63, 3.8) is 0 Å². The molecule has 0 fully saturated rings. The minimum atomic E-state index is -0.318. The van der Waals surface area contributed by atoms with Gasteiger partial charge >= 0.3 is 0 Å². The van der Waals surface area contributed by atoms with Crippen molar-refractivity contribution in [1.82, 2.24) is 9.78 Å². The number of rotatable bonds is 4. The Balaban J connectivity index is 2.01. The summed E-state index contributed by atoms with van der Waals surface area (Å²) in [5, 5.41) is 23.6. The van der Waals surface area contributed by atoms with E-state index in [1.165, 1.54) is 4.68 Å². The quantitative estimate of drug-likeness (QED) is 0.387. The number of hydrogen-bond acceptors (Lipinski definition) is 6. The summed E-state index contributed by atoms with van der Waals surface area (Å²) in [6, 6.07) is 10.5. The van der Waals surface area contributed by atoms with Gasteiger partial charge in [0.05, 0.1) is 15.7 Å². The number of hydrogen-bond donors (Lipinski definition) is 3. The van der Waals surface area contributed by atoms with Crippen LogP contribution in [0.5, 0.6) is 0 Å². The van der Waals surface area contributed by atoms with Crippen LogP contribution in [0.3, 0.4) is 0 Å². The van der Waals surface area contributed by atoms with Gasteiger partial charge in [0.2, 0.25) is 5.90 Å². The number of aromatic nitrogens is 2. The molecule has 0 aliphatic carbocycles. The maximum absolute atomic E-state index is 13.3. The van der Waals surface area contributed by atoms with Crippen LogP contribution in [-0.4, -0.2) is 28.6 Å². The maximum Gasteiger partial charge on any atom is 0.295 e. The van der Waals surface area contributed by atoms with Gasteiger partial charge in [-0.1, -0.05) is 29.3 Å². The highest BCUT2D eigenvalue weighted by atomic mass is 35.5. The van der Waals surface area contributed by atoms with E-state index in [4.69, 9.17) is 38.8 Å². The number of nitrogens with zero attached hydrogens (tertiary/aromatic N) is 2. The first-order valence-electron chi connectivity index (χ1n) is 9.61. The molecule has 1 aliphatic rings. The summed E-state index contributed by atoms with van der Waals surface area (Å²) in [5.41, 5.74) is 4.01. The molecule has 0 bridgehead atoms. The number of benzene rings is 2. The topological polar surface area (TPSA) is 104 Å². The van der Waals surface area contributed by atoms with Crippen LogP contribution in [0.2, 0.25) is 10.0 Å². The van der Waals surface area contributed by atoms with Crippen LogP contribution in [-0.2, 0) is 11.2 Å². The second-order valence-electron chi connectivity index (χ2n) is 7.17. The second-order valence-corrected chi connectivity index (χ2v) is 7.99. The van der Waals surface area contributed by atoms with Gasteiger partial charge in [0.1, 0.15) is 11.4 Å². The van der Waals surface area contributed by atoms with Crippen molar-refractivity contribution in [1.29, 1.82) is 10.8 Å². The van der Waals surface area contributed by atoms with Crippen LogP contribution in [0.25, 0.3) is 16.9 Å². The standard InChI is InChI=1S/C22H19Cl2N5O2/c1-12-8-13(10-14(9-12)21(26)31-11-25)18-15-4-3-7-27-19(15)22(30)29(28-18)20-16(23)5-2-6-17(20)24/h2,5-6,8-11,25-27H,3-4,7H2,1H3. The predicted octanol–water partition coefficient (Wildman–Crippen LogP) is 4.82. The van der Waals surface area contributed by atoms with Gasteiger partial charge < -0.3 is 10.1 Å². The van der Waals surface area contributed by atoms with Gasteiger partial charge in [-0.15, -0.1) is 0 Å². The largest absolute Gasteiger partial charge is 0.428 e. The Labute approximate surface area is 188 Å². The van der Waals surface area contributed by atoms with E-state index in [-0.39, 0.29) is 11.5 Å². The lowest BCUT2D eigenvalue weighted by molar-refractivity contribution is 0.561. The monoisotopic (exact) mass is 455 g/mol. The van der Waals surface area contributed by atoms with E-state index >= 15 is 0 Å². The van der Waals surface area contributed by atoms with E-state index in [0.717, 1.165) is 23.1 Å². The minimum absolute atomic E-state index is 0.144. The van der Waals surface area contributed by atoms with Gasteiger partial charge in [0.15, 0.2) is 6.40 Å². The van der Waals surface area contributed by atoms with Gasteiger partial charge in [-0.3, -0.25) is 15.6 Å². The lowest BCUT2D eigenvalue weighted by atomic mass is 9.96. The number of ether oxygens (including phenoxy) is 1. The van der Waals surface area contributed by atoms with E-state index in [2.05, 4.69) is 10.4 Å². The second kappa shape index (κ2) is 8.53. The Bertz CT molecular complexity index is 1250. The first-order valence-corrected chi connectivity index (χ1v) is 10.4. The lowest BCUT2D eigenvalue weighted by Gasteiger charge is -2.22. The summed E-state index contributed by atoms with van der Waals surface area (Å²) < 4.78 is 6.17. The van der Waals surface area contributed by atoms with Gasteiger partial charge in [-0.05, 0) is 55.7 Å².